The van der Waals surface area contributed by atoms with Crippen molar-refractivity contribution in [2.24, 2.45) is 5.92 Å². The summed E-state index contributed by atoms with van der Waals surface area (Å²) < 4.78 is 6.93. The second-order valence-corrected chi connectivity index (χ2v) is 6.55. The van der Waals surface area contributed by atoms with Crippen molar-refractivity contribution in [2.45, 2.75) is 6.42 Å². The van der Waals surface area contributed by atoms with Crippen LogP contribution in [0, 0.1) is 5.92 Å². The maximum absolute atomic E-state index is 12.8. The van der Waals surface area contributed by atoms with Crippen LogP contribution in [0.3, 0.4) is 0 Å². The van der Waals surface area contributed by atoms with Crippen LogP contribution in [0.25, 0.3) is 5.69 Å². The summed E-state index contributed by atoms with van der Waals surface area (Å²) in [6.07, 6.45) is 4.38. The Morgan fingerprint density at radius 3 is 2.92 bits per heavy atom. The summed E-state index contributed by atoms with van der Waals surface area (Å²) >= 11 is 0. The van der Waals surface area contributed by atoms with Gasteiger partial charge in [-0.3, -0.25) is 9.36 Å². The molecule has 0 spiro atoms. The monoisotopic (exact) mass is 343 g/mol. The van der Waals surface area contributed by atoms with E-state index in [0.29, 0.717) is 11.5 Å². The summed E-state index contributed by atoms with van der Waals surface area (Å²) in [6.45, 7) is 4.61. The number of amides is 1. The van der Waals surface area contributed by atoms with E-state index in [9.17, 15) is 4.79 Å². The van der Waals surface area contributed by atoms with Crippen LogP contribution in [0.4, 0.5) is 0 Å². The minimum Gasteiger partial charge on any atom is -0.383 e. The fraction of sp³-hybridized carbons (Fsp3) is 0.500. The zero-order valence-corrected chi connectivity index (χ0v) is 14.8. The number of hydrogen-bond donors (Lipinski definition) is 0. The van der Waals surface area contributed by atoms with Gasteiger partial charge in [0, 0.05) is 45.0 Å². The predicted octanol–water partition coefficient (Wildman–Crippen LogP) is 1.31. The molecule has 1 aromatic carbocycles. The Hall–Kier alpha value is -2.25. The number of carbonyl (C=O) groups excluding carboxylic acids is 1. The Balaban J connectivity index is 1.59. The predicted molar refractivity (Wildman–Crippen MR) is 94.7 cm³/mol. The number of carbonyl (C=O) groups is 1. The summed E-state index contributed by atoms with van der Waals surface area (Å²) in [5, 5.41) is 7.62. The molecule has 1 saturated heterocycles. The molecule has 1 aliphatic rings. The van der Waals surface area contributed by atoms with Crippen molar-refractivity contribution in [3.05, 3.63) is 42.5 Å². The molecule has 7 heteroatoms. The minimum absolute atomic E-state index is 0.0465. The molecule has 7 nitrogen and oxygen atoms in total. The molecule has 1 unspecified atom stereocenters. The van der Waals surface area contributed by atoms with E-state index < -0.39 is 0 Å². The molecule has 1 fully saturated rings. The maximum atomic E-state index is 12.8. The van der Waals surface area contributed by atoms with Crippen molar-refractivity contribution in [1.29, 1.82) is 0 Å². The molecular formula is C18H25N5O2. The quantitative estimate of drug-likeness (QED) is 0.758. The zero-order chi connectivity index (χ0) is 17.6. The third kappa shape index (κ3) is 4.43. The van der Waals surface area contributed by atoms with Crippen LogP contribution in [-0.4, -0.2) is 77.4 Å². The molecule has 0 N–H and O–H groups in total. The average molecular weight is 343 g/mol. The lowest BCUT2D eigenvalue weighted by Gasteiger charge is -2.22. The standard InChI is InChI=1S/C18H25N5O2/c1-21(11-15-6-7-22(12-15)8-9-25-2)18(24)16-4-3-5-17(10-16)23-13-19-20-14-23/h3-5,10,13-15H,6-9,11-12H2,1-2H3. The highest BCUT2D eigenvalue weighted by molar-refractivity contribution is 5.94. The normalized spacial score (nSPS) is 17.8. The van der Waals surface area contributed by atoms with Crippen molar-refractivity contribution in [2.75, 3.05) is 46.9 Å². The van der Waals surface area contributed by atoms with Crippen LogP contribution in [0.15, 0.2) is 36.9 Å². The van der Waals surface area contributed by atoms with Crippen LogP contribution in [0.5, 0.6) is 0 Å². The third-order valence-electron chi connectivity index (χ3n) is 4.67. The number of methoxy groups -OCH3 is 1. The zero-order valence-electron chi connectivity index (χ0n) is 14.8. The van der Waals surface area contributed by atoms with Gasteiger partial charge in [0.1, 0.15) is 12.7 Å². The van der Waals surface area contributed by atoms with Crippen molar-refractivity contribution in [1.82, 2.24) is 24.6 Å². The Kier molecular flexibility index (Phi) is 5.78. The Bertz CT molecular complexity index is 689. The SMILES string of the molecule is COCCN1CCC(CN(C)C(=O)c2cccc(-n3cnnc3)c2)C1. The van der Waals surface area contributed by atoms with Gasteiger partial charge in [0.25, 0.3) is 5.91 Å². The van der Waals surface area contributed by atoms with E-state index in [1.807, 2.05) is 36.2 Å². The summed E-state index contributed by atoms with van der Waals surface area (Å²) in [7, 11) is 3.61. The van der Waals surface area contributed by atoms with Crippen LogP contribution < -0.4 is 0 Å². The third-order valence-corrected chi connectivity index (χ3v) is 4.67. The van der Waals surface area contributed by atoms with Crippen molar-refractivity contribution in [3.63, 3.8) is 0 Å². The molecule has 1 aromatic heterocycles. The van der Waals surface area contributed by atoms with E-state index >= 15 is 0 Å². The van der Waals surface area contributed by atoms with Gasteiger partial charge in [-0.2, -0.15) is 0 Å². The number of hydrogen-bond acceptors (Lipinski definition) is 5. The topological polar surface area (TPSA) is 63.5 Å². The highest BCUT2D eigenvalue weighted by Gasteiger charge is 2.25. The first-order chi connectivity index (χ1) is 12.2. The molecule has 1 aliphatic heterocycles. The van der Waals surface area contributed by atoms with Gasteiger partial charge in [0.15, 0.2) is 0 Å². The van der Waals surface area contributed by atoms with Crippen molar-refractivity contribution >= 4 is 5.91 Å². The molecule has 3 rings (SSSR count). The molecule has 0 radical (unpaired) electrons. The van der Waals surface area contributed by atoms with Gasteiger partial charge in [-0.1, -0.05) is 6.07 Å². The molecule has 134 valence electrons. The van der Waals surface area contributed by atoms with E-state index in [0.717, 1.165) is 44.9 Å². The molecule has 1 atom stereocenters. The number of likely N-dealkylation sites (tertiary alicyclic amines) is 1. The molecule has 2 aromatic rings. The Labute approximate surface area is 148 Å². The van der Waals surface area contributed by atoms with Gasteiger partial charge in [-0.15, -0.1) is 10.2 Å². The summed E-state index contributed by atoms with van der Waals surface area (Å²) in [6, 6.07) is 7.55. The van der Waals surface area contributed by atoms with Gasteiger partial charge < -0.3 is 14.5 Å². The van der Waals surface area contributed by atoms with Crippen molar-refractivity contribution in [3.8, 4) is 5.69 Å². The minimum atomic E-state index is 0.0465. The molecule has 1 amide bonds. The van der Waals surface area contributed by atoms with E-state index in [2.05, 4.69) is 15.1 Å². The van der Waals surface area contributed by atoms with Gasteiger partial charge in [-0.05, 0) is 37.1 Å². The lowest BCUT2D eigenvalue weighted by Crippen LogP contribution is -2.33. The lowest BCUT2D eigenvalue weighted by molar-refractivity contribution is 0.0772. The van der Waals surface area contributed by atoms with Crippen LogP contribution in [0.1, 0.15) is 16.8 Å². The number of nitrogens with zero attached hydrogens (tertiary/aromatic N) is 5. The van der Waals surface area contributed by atoms with Crippen LogP contribution in [-0.2, 0) is 4.74 Å². The van der Waals surface area contributed by atoms with Crippen molar-refractivity contribution < 1.29 is 9.53 Å². The smallest absolute Gasteiger partial charge is 0.253 e. The fourth-order valence-electron chi connectivity index (χ4n) is 3.31. The van der Waals surface area contributed by atoms with Crippen LogP contribution >= 0.6 is 0 Å². The molecule has 2 heterocycles. The highest BCUT2D eigenvalue weighted by Crippen LogP contribution is 2.18. The van der Waals surface area contributed by atoms with E-state index in [-0.39, 0.29) is 5.91 Å². The summed E-state index contributed by atoms with van der Waals surface area (Å²) in [4.78, 5) is 17.0. The van der Waals surface area contributed by atoms with Gasteiger partial charge in [-0.25, -0.2) is 0 Å². The average Bonchev–Trinajstić information content (AvgIpc) is 3.31. The largest absolute Gasteiger partial charge is 0.383 e. The summed E-state index contributed by atoms with van der Waals surface area (Å²) in [5.41, 5.74) is 1.57. The van der Waals surface area contributed by atoms with E-state index in [1.54, 1.807) is 24.3 Å². The van der Waals surface area contributed by atoms with Gasteiger partial charge >= 0.3 is 0 Å². The molecule has 0 bridgehead atoms. The second-order valence-electron chi connectivity index (χ2n) is 6.55. The number of benzene rings is 1. The Morgan fingerprint density at radius 2 is 2.16 bits per heavy atom. The fourth-order valence-corrected chi connectivity index (χ4v) is 3.31. The molecule has 0 saturated carbocycles. The Morgan fingerprint density at radius 1 is 1.36 bits per heavy atom. The highest BCUT2D eigenvalue weighted by atomic mass is 16.5. The number of aromatic nitrogens is 3. The van der Waals surface area contributed by atoms with E-state index in [1.165, 1.54) is 0 Å². The second kappa shape index (κ2) is 8.22. The molecule has 0 aliphatic carbocycles. The maximum Gasteiger partial charge on any atom is 0.253 e. The molecule has 25 heavy (non-hydrogen) atoms. The van der Waals surface area contributed by atoms with Gasteiger partial charge in [0.2, 0.25) is 0 Å². The lowest BCUT2D eigenvalue weighted by atomic mass is 10.1. The number of rotatable bonds is 7. The first-order valence-corrected chi connectivity index (χ1v) is 8.59. The van der Waals surface area contributed by atoms with Crippen LogP contribution in [0.2, 0.25) is 0 Å². The molecular weight excluding hydrogens is 318 g/mol. The first-order valence-electron chi connectivity index (χ1n) is 8.59. The van der Waals surface area contributed by atoms with Gasteiger partial charge in [0.05, 0.1) is 6.61 Å². The number of ether oxygens (including phenoxy) is 1. The summed E-state index contributed by atoms with van der Waals surface area (Å²) in [5.74, 6) is 0.567. The van der Waals surface area contributed by atoms with E-state index in [4.69, 9.17) is 4.74 Å². The first kappa shape index (κ1) is 17.6.